The third-order valence-corrected chi connectivity index (χ3v) is 3.38. The van der Waals surface area contributed by atoms with Gasteiger partial charge in [0.1, 0.15) is 0 Å². The summed E-state index contributed by atoms with van der Waals surface area (Å²) < 4.78 is 0. The van der Waals surface area contributed by atoms with E-state index in [0.717, 1.165) is 6.42 Å². The Labute approximate surface area is 75.6 Å². The van der Waals surface area contributed by atoms with Crippen LogP contribution in [0.25, 0.3) is 0 Å². The van der Waals surface area contributed by atoms with Gasteiger partial charge in [-0.15, -0.1) is 0 Å². The van der Waals surface area contributed by atoms with E-state index in [1.54, 1.807) is 0 Å². The first-order chi connectivity index (χ1) is 5.66. The molecule has 2 nitrogen and oxygen atoms in total. The van der Waals surface area contributed by atoms with Gasteiger partial charge in [-0.05, 0) is 33.4 Å². The number of rotatable bonds is 4. The molecule has 0 amide bonds. The lowest BCUT2D eigenvalue weighted by Gasteiger charge is -2.49. The van der Waals surface area contributed by atoms with E-state index in [9.17, 15) is 5.11 Å². The molecule has 0 aromatic heterocycles. The average molecular weight is 171 g/mol. The van der Waals surface area contributed by atoms with Crippen molar-refractivity contribution >= 4 is 0 Å². The molecule has 0 spiro atoms. The van der Waals surface area contributed by atoms with Crippen molar-refractivity contribution < 1.29 is 5.11 Å². The van der Waals surface area contributed by atoms with E-state index < -0.39 is 0 Å². The maximum atomic E-state index is 9.36. The molecule has 2 heteroatoms. The lowest BCUT2D eigenvalue weighted by Crippen LogP contribution is -2.50. The van der Waals surface area contributed by atoms with Gasteiger partial charge < -0.3 is 10.0 Å². The Morgan fingerprint density at radius 3 is 2.08 bits per heavy atom. The zero-order chi connectivity index (χ0) is 9.19. The van der Waals surface area contributed by atoms with Gasteiger partial charge in [-0.1, -0.05) is 13.3 Å². The highest BCUT2D eigenvalue weighted by Gasteiger charge is 2.43. The van der Waals surface area contributed by atoms with Crippen molar-refractivity contribution in [2.75, 3.05) is 20.7 Å². The van der Waals surface area contributed by atoms with Crippen molar-refractivity contribution in [2.45, 2.75) is 38.6 Å². The average Bonchev–Trinajstić information content (AvgIpc) is 1.95. The summed E-state index contributed by atoms with van der Waals surface area (Å²) in [4.78, 5) is 2.26. The van der Waals surface area contributed by atoms with Gasteiger partial charge in [-0.25, -0.2) is 0 Å². The molecule has 1 atom stereocenters. The van der Waals surface area contributed by atoms with Gasteiger partial charge in [-0.2, -0.15) is 0 Å². The molecule has 12 heavy (non-hydrogen) atoms. The van der Waals surface area contributed by atoms with Crippen molar-refractivity contribution in [1.82, 2.24) is 4.90 Å². The minimum absolute atomic E-state index is 0.234. The summed E-state index contributed by atoms with van der Waals surface area (Å²) in [5.41, 5.74) is 0.234. The minimum Gasteiger partial charge on any atom is -0.396 e. The summed E-state index contributed by atoms with van der Waals surface area (Å²) in [6.07, 6.45) is 4.86. The Bertz CT molecular complexity index is 135. The van der Waals surface area contributed by atoms with Crippen molar-refractivity contribution in [3.05, 3.63) is 0 Å². The normalized spacial score (nSPS) is 23.8. The Morgan fingerprint density at radius 1 is 1.42 bits per heavy atom. The lowest BCUT2D eigenvalue weighted by molar-refractivity contribution is -0.0305. The van der Waals surface area contributed by atoms with Crippen LogP contribution in [0.2, 0.25) is 0 Å². The standard InChI is InChI=1S/C10H21NO/c1-4-9(11(2)3)10(8-12)6-5-7-10/h9,12H,4-8H2,1-3H3. The number of hydrogen-bond donors (Lipinski definition) is 1. The van der Waals surface area contributed by atoms with E-state index in [1.807, 2.05) is 0 Å². The van der Waals surface area contributed by atoms with Crippen LogP contribution in [0.5, 0.6) is 0 Å². The number of aliphatic hydroxyl groups is 1. The van der Waals surface area contributed by atoms with Crippen LogP contribution in [0.15, 0.2) is 0 Å². The van der Waals surface area contributed by atoms with Gasteiger partial charge in [0, 0.05) is 11.5 Å². The Kier molecular flexibility index (Phi) is 3.13. The molecule has 1 aliphatic carbocycles. The largest absolute Gasteiger partial charge is 0.396 e. The molecule has 72 valence electrons. The van der Waals surface area contributed by atoms with Crippen LogP contribution in [0.4, 0.5) is 0 Å². The second-order valence-corrected chi connectivity index (χ2v) is 4.26. The van der Waals surface area contributed by atoms with E-state index in [-0.39, 0.29) is 5.41 Å². The van der Waals surface area contributed by atoms with E-state index in [1.165, 1.54) is 19.3 Å². The third kappa shape index (κ3) is 1.50. The number of aliphatic hydroxyl groups excluding tert-OH is 1. The molecular formula is C10H21NO. The summed E-state index contributed by atoms with van der Waals surface area (Å²) in [7, 11) is 4.23. The van der Waals surface area contributed by atoms with Crippen molar-refractivity contribution in [2.24, 2.45) is 5.41 Å². The first kappa shape index (κ1) is 10.0. The van der Waals surface area contributed by atoms with Gasteiger partial charge in [-0.3, -0.25) is 0 Å². The maximum Gasteiger partial charge on any atom is 0.0502 e. The van der Waals surface area contributed by atoms with E-state index in [0.29, 0.717) is 12.6 Å². The van der Waals surface area contributed by atoms with Crippen LogP contribution < -0.4 is 0 Å². The molecule has 0 aromatic rings. The van der Waals surface area contributed by atoms with E-state index >= 15 is 0 Å². The highest BCUT2D eigenvalue weighted by molar-refractivity contribution is 4.96. The predicted molar refractivity (Wildman–Crippen MR) is 51.1 cm³/mol. The highest BCUT2D eigenvalue weighted by atomic mass is 16.3. The van der Waals surface area contributed by atoms with Gasteiger partial charge in [0.25, 0.3) is 0 Å². The van der Waals surface area contributed by atoms with E-state index in [4.69, 9.17) is 0 Å². The summed E-state index contributed by atoms with van der Waals surface area (Å²) in [5, 5.41) is 9.36. The molecule has 1 aliphatic rings. The van der Waals surface area contributed by atoms with Crippen LogP contribution in [-0.4, -0.2) is 36.8 Å². The van der Waals surface area contributed by atoms with Crippen LogP contribution >= 0.6 is 0 Å². The molecule has 0 aliphatic heterocycles. The molecule has 0 saturated heterocycles. The number of nitrogens with zero attached hydrogens (tertiary/aromatic N) is 1. The van der Waals surface area contributed by atoms with Gasteiger partial charge in [0.2, 0.25) is 0 Å². The quantitative estimate of drug-likeness (QED) is 0.692. The van der Waals surface area contributed by atoms with Crippen LogP contribution in [0.1, 0.15) is 32.6 Å². The van der Waals surface area contributed by atoms with Crippen LogP contribution in [0.3, 0.4) is 0 Å². The van der Waals surface area contributed by atoms with Crippen molar-refractivity contribution in [3.63, 3.8) is 0 Å². The lowest BCUT2D eigenvalue weighted by atomic mass is 9.63. The Balaban J connectivity index is 2.61. The third-order valence-electron chi connectivity index (χ3n) is 3.38. The fourth-order valence-electron chi connectivity index (χ4n) is 2.57. The monoisotopic (exact) mass is 171 g/mol. The summed E-state index contributed by atoms with van der Waals surface area (Å²) in [6.45, 7) is 2.57. The first-order valence-corrected chi connectivity index (χ1v) is 4.93. The van der Waals surface area contributed by atoms with Gasteiger partial charge >= 0.3 is 0 Å². The molecule has 0 heterocycles. The minimum atomic E-state index is 0.234. The van der Waals surface area contributed by atoms with Crippen molar-refractivity contribution in [3.8, 4) is 0 Å². The van der Waals surface area contributed by atoms with Crippen LogP contribution in [-0.2, 0) is 0 Å². The summed E-state index contributed by atoms with van der Waals surface area (Å²) in [5.74, 6) is 0. The smallest absolute Gasteiger partial charge is 0.0502 e. The molecule has 0 aromatic carbocycles. The fourth-order valence-corrected chi connectivity index (χ4v) is 2.57. The molecule has 1 unspecified atom stereocenters. The highest BCUT2D eigenvalue weighted by Crippen LogP contribution is 2.45. The first-order valence-electron chi connectivity index (χ1n) is 4.93. The molecular weight excluding hydrogens is 150 g/mol. The maximum absolute atomic E-state index is 9.36. The second kappa shape index (κ2) is 3.75. The SMILES string of the molecule is CCC(N(C)C)C1(CO)CCC1. The molecule has 1 rings (SSSR count). The topological polar surface area (TPSA) is 23.5 Å². The van der Waals surface area contributed by atoms with E-state index in [2.05, 4.69) is 25.9 Å². The fraction of sp³-hybridized carbons (Fsp3) is 1.00. The second-order valence-electron chi connectivity index (χ2n) is 4.26. The summed E-state index contributed by atoms with van der Waals surface area (Å²) >= 11 is 0. The molecule has 0 bridgehead atoms. The van der Waals surface area contributed by atoms with Crippen LogP contribution in [0, 0.1) is 5.41 Å². The predicted octanol–water partition coefficient (Wildman–Crippen LogP) is 1.49. The van der Waals surface area contributed by atoms with Crippen molar-refractivity contribution in [1.29, 1.82) is 0 Å². The molecule has 0 radical (unpaired) electrons. The molecule has 1 saturated carbocycles. The van der Waals surface area contributed by atoms with Gasteiger partial charge in [0.15, 0.2) is 0 Å². The number of hydrogen-bond acceptors (Lipinski definition) is 2. The Hall–Kier alpha value is -0.0800. The Morgan fingerprint density at radius 2 is 2.00 bits per heavy atom. The zero-order valence-electron chi connectivity index (χ0n) is 8.51. The molecule has 1 N–H and O–H groups in total. The summed E-state index contributed by atoms with van der Waals surface area (Å²) in [6, 6.07) is 0.566. The zero-order valence-corrected chi connectivity index (χ0v) is 8.51. The van der Waals surface area contributed by atoms with Gasteiger partial charge in [0.05, 0.1) is 6.61 Å². The molecule has 1 fully saturated rings.